The molecule has 1 aliphatic carbocycles. The molecule has 0 bridgehead atoms. The molecule has 0 radical (unpaired) electrons. The number of ether oxygens (including phenoxy) is 3. The van der Waals surface area contributed by atoms with Gasteiger partial charge in [-0.25, -0.2) is 4.79 Å². The highest BCUT2D eigenvalue weighted by Crippen LogP contribution is 2.31. The molecule has 0 spiro atoms. The molecular formula is C24H34O5. The summed E-state index contributed by atoms with van der Waals surface area (Å²) in [5, 5.41) is 0. The normalized spacial score (nSPS) is 18.7. The van der Waals surface area contributed by atoms with Crippen LogP contribution in [0.1, 0.15) is 64.7 Å². The fraction of sp³-hybridized carbons (Fsp3) is 0.583. The minimum absolute atomic E-state index is 0.0361. The second kappa shape index (κ2) is 13.0. The Morgan fingerprint density at radius 1 is 0.966 bits per heavy atom. The fourth-order valence-electron chi connectivity index (χ4n) is 3.59. The molecule has 0 aromatic heterocycles. The minimum Gasteiger partial charge on any atom is -0.494 e. The topological polar surface area (TPSA) is 61.8 Å². The first-order chi connectivity index (χ1) is 14.1. The predicted octanol–water partition coefficient (Wildman–Crippen LogP) is 5.48. The van der Waals surface area contributed by atoms with Gasteiger partial charge in [-0.05, 0) is 81.5 Å². The summed E-state index contributed by atoms with van der Waals surface area (Å²) in [6.45, 7) is 6.65. The van der Waals surface area contributed by atoms with Crippen molar-refractivity contribution in [2.75, 3.05) is 13.2 Å². The number of esters is 2. The highest BCUT2D eigenvalue weighted by atomic mass is 16.5. The molecule has 160 valence electrons. The number of hydrogen-bond donors (Lipinski definition) is 0. The molecule has 0 heterocycles. The van der Waals surface area contributed by atoms with Gasteiger partial charge in [0.15, 0.2) is 0 Å². The molecule has 0 N–H and O–H groups in total. The van der Waals surface area contributed by atoms with E-state index in [1.165, 1.54) is 12.5 Å². The van der Waals surface area contributed by atoms with Crippen LogP contribution >= 0.6 is 0 Å². The van der Waals surface area contributed by atoms with Gasteiger partial charge in [-0.2, -0.15) is 0 Å². The van der Waals surface area contributed by atoms with Gasteiger partial charge in [0.05, 0.1) is 19.1 Å². The third-order valence-corrected chi connectivity index (χ3v) is 5.52. The van der Waals surface area contributed by atoms with E-state index < -0.39 is 0 Å². The van der Waals surface area contributed by atoms with Crippen LogP contribution in [0.5, 0.6) is 11.5 Å². The smallest absolute Gasteiger partial charge is 0.330 e. The summed E-state index contributed by atoms with van der Waals surface area (Å²) in [5.41, 5.74) is 0. The molecule has 5 heteroatoms. The third kappa shape index (κ3) is 8.71. The maximum atomic E-state index is 12.3. The number of carbonyl (C=O) groups is 2. The lowest BCUT2D eigenvalue weighted by Crippen LogP contribution is -2.25. The van der Waals surface area contributed by atoms with E-state index in [9.17, 15) is 9.59 Å². The third-order valence-electron chi connectivity index (χ3n) is 5.52. The van der Waals surface area contributed by atoms with Crippen molar-refractivity contribution in [3.05, 3.63) is 36.9 Å². The largest absolute Gasteiger partial charge is 0.494 e. The first kappa shape index (κ1) is 23.0. The van der Waals surface area contributed by atoms with E-state index in [4.69, 9.17) is 14.2 Å². The Morgan fingerprint density at radius 2 is 1.59 bits per heavy atom. The van der Waals surface area contributed by atoms with Gasteiger partial charge in [0.1, 0.15) is 11.5 Å². The second-order valence-electron chi connectivity index (χ2n) is 7.65. The lowest BCUT2D eigenvalue weighted by molar-refractivity contribution is -0.140. The SMILES string of the molecule is C=CC(=O)OCCCCCCOc1ccc(OC(=O)C2CCC(CC)CC2)cc1. The average molecular weight is 403 g/mol. The number of hydrogen-bond acceptors (Lipinski definition) is 5. The zero-order valence-electron chi connectivity index (χ0n) is 17.6. The lowest BCUT2D eigenvalue weighted by atomic mass is 9.81. The lowest BCUT2D eigenvalue weighted by Gasteiger charge is -2.26. The molecule has 0 amide bonds. The van der Waals surface area contributed by atoms with Crippen LogP contribution in [0.2, 0.25) is 0 Å². The van der Waals surface area contributed by atoms with Crippen molar-refractivity contribution < 1.29 is 23.8 Å². The highest BCUT2D eigenvalue weighted by Gasteiger charge is 2.26. The first-order valence-corrected chi connectivity index (χ1v) is 10.9. The van der Waals surface area contributed by atoms with Crippen LogP contribution in [0.25, 0.3) is 0 Å². The molecule has 0 saturated heterocycles. The van der Waals surface area contributed by atoms with Crippen molar-refractivity contribution in [2.45, 2.75) is 64.7 Å². The summed E-state index contributed by atoms with van der Waals surface area (Å²) in [6, 6.07) is 7.26. The van der Waals surface area contributed by atoms with Crippen LogP contribution in [0.3, 0.4) is 0 Å². The van der Waals surface area contributed by atoms with Crippen molar-refractivity contribution in [3.63, 3.8) is 0 Å². The molecule has 0 atom stereocenters. The number of carbonyl (C=O) groups excluding carboxylic acids is 2. The Morgan fingerprint density at radius 3 is 2.21 bits per heavy atom. The van der Waals surface area contributed by atoms with Crippen LogP contribution in [0.4, 0.5) is 0 Å². The summed E-state index contributed by atoms with van der Waals surface area (Å²) < 4.78 is 16.2. The van der Waals surface area contributed by atoms with E-state index >= 15 is 0 Å². The van der Waals surface area contributed by atoms with E-state index in [0.717, 1.165) is 63.0 Å². The molecule has 29 heavy (non-hydrogen) atoms. The average Bonchev–Trinajstić information content (AvgIpc) is 2.76. The van der Waals surface area contributed by atoms with Gasteiger partial charge in [-0.1, -0.05) is 19.9 Å². The Labute approximate surface area is 174 Å². The van der Waals surface area contributed by atoms with Crippen molar-refractivity contribution in [2.24, 2.45) is 11.8 Å². The Balaban J connectivity index is 1.58. The number of benzene rings is 1. The van der Waals surface area contributed by atoms with E-state index in [1.54, 1.807) is 12.1 Å². The standard InChI is InChI=1S/C24H34O5/c1-3-19-9-11-20(12-10-19)24(26)29-22-15-13-21(14-16-22)27-17-7-5-6-8-18-28-23(25)4-2/h4,13-16,19-20H,2-3,5-12,17-18H2,1H3. The van der Waals surface area contributed by atoms with E-state index in [1.807, 2.05) is 12.1 Å². The monoisotopic (exact) mass is 402 g/mol. The molecule has 0 unspecified atom stereocenters. The number of rotatable bonds is 12. The van der Waals surface area contributed by atoms with Crippen LogP contribution < -0.4 is 9.47 Å². The van der Waals surface area contributed by atoms with Crippen molar-refractivity contribution >= 4 is 11.9 Å². The molecule has 1 saturated carbocycles. The van der Waals surface area contributed by atoms with Gasteiger partial charge in [0, 0.05) is 6.08 Å². The summed E-state index contributed by atoms with van der Waals surface area (Å²) >= 11 is 0. The van der Waals surface area contributed by atoms with Gasteiger partial charge in [-0.15, -0.1) is 0 Å². The van der Waals surface area contributed by atoms with E-state index in [0.29, 0.717) is 19.0 Å². The summed E-state index contributed by atoms with van der Waals surface area (Å²) in [6.07, 6.45) is 10.3. The van der Waals surface area contributed by atoms with Gasteiger partial charge in [0.25, 0.3) is 0 Å². The van der Waals surface area contributed by atoms with Crippen molar-refractivity contribution in [1.29, 1.82) is 0 Å². The van der Waals surface area contributed by atoms with Gasteiger partial charge < -0.3 is 14.2 Å². The van der Waals surface area contributed by atoms with E-state index in [-0.39, 0.29) is 17.9 Å². The van der Waals surface area contributed by atoms with Crippen molar-refractivity contribution in [1.82, 2.24) is 0 Å². The summed E-state index contributed by atoms with van der Waals surface area (Å²) in [7, 11) is 0. The second-order valence-corrected chi connectivity index (χ2v) is 7.65. The Bertz CT molecular complexity index is 629. The Hall–Kier alpha value is -2.30. The maximum Gasteiger partial charge on any atom is 0.330 e. The molecule has 2 rings (SSSR count). The fourth-order valence-corrected chi connectivity index (χ4v) is 3.59. The zero-order valence-corrected chi connectivity index (χ0v) is 17.6. The van der Waals surface area contributed by atoms with Gasteiger partial charge >= 0.3 is 11.9 Å². The van der Waals surface area contributed by atoms with Crippen LogP contribution in [0.15, 0.2) is 36.9 Å². The minimum atomic E-state index is -0.369. The molecule has 1 aromatic rings. The number of unbranched alkanes of at least 4 members (excludes halogenated alkanes) is 3. The molecule has 1 aromatic carbocycles. The molecule has 0 aliphatic heterocycles. The molecular weight excluding hydrogens is 368 g/mol. The van der Waals surface area contributed by atoms with Crippen LogP contribution in [0, 0.1) is 11.8 Å². The quantitative estimate of drug-likeness (QED) is 0.201. The van der Waals surface area contributed by atoms with Gasteiger partial charge in [-0.3, -0.25) is 4.79 Å². The maximum absolute atomic E-state index is 12.3. The Kier molecular flexibility index (Phi) is 10.3. The first-order valence-electron chi connectivity index (χ1n) is 10.9. The molecule has 1 fully saturated rings. The predicted molar refractivity (Wildman–Crippen MR) is 113 cm³/mol. The van der Waals surface area contributed by atoms with Crippen molar-refractivity contribution in [3.8, 4) is 11.5 Å². The van der Waals surface area contributed by atoms with Gasteiger partial charge in [0.2, 0.25) is 0 Å². The summed E-state index contributed by atoms with van der Waals surface area (Å²) in [4.78, 5) is 23.2. The highest BCUT2D eigenvalue weighted by molar-refractivity contribution is 5.81. The molecule has 1 aliphatic rings. The van der Waals surface area contributed by atoms with Crippen LogP contribution in [-0.2, 0) is 14.3 Å². The van der Waals surface area contributed by atoms with Crippen LogP contribution in [-0.4, -0.2) is 25.2 Å². The summed E-state index contributed by atoms with van der Waals surface area (Å²) in [5.74, 6) is 1.68. The molecule has 5 nitrogen and oxygen atoms in total. The zero-order chi connectivity index (χ0) is 20.9. The van der Waals surface area contributed by atoms with E-state index in [2.05, 4.69) is 13.5 Å².